The molecule has 4 nitrogen and oxygen atoms in total. The van der Waals surface area contributed by atoms with Gasteiger partial charge in [-0.1, -0.05) is 33.8 Å². The minimum absolute atomic E-state index is 0.285. The number of hydrogen-bond donors (Lipinski definition) is 0. The van der Waals surface area contributed by atoms with E-state index in [2.05, 4.69) is 27.7 Å². The molecule has 1 aromatic carbocycles. The molecule has 23 heavy (non-hydrogen) atoms. The predicted octanol–water partition coefficient (Wildman–Crippen LogP) is 3.56. The number of rotatable bonds is 7. The van der Waals surface area contributed by atoms with Crippen molar-refractivity contribution in [1.29, 1.82) is 0 Å². The fourth-order valence-corrected chi connectivity index (χ4v) is 4.00. The summed E-state index contributed by atoms with van der Waals surface area (Å²) in [6.07, 6.45) is 3.66. The molecule has 1 saturated heterocycles. The Labute approximate surface area is 140 Å². The molecule has 1 fully saturated rings. The molecule has 0 spiro atoms. The lowest BCUT2D eigenvalue weighted by molar-refractivity contribution is -0.0601. The molecule has 1 aromatic rings. The van der Waals surface area contributed by atoms with Crippen molar-refractivity contribution in [3.8, 4) is 11.5 Å². The average molecular weight is 320 g/mol. The van der Waals surface area contributed by atoms with Crippen molar-refractivity contribution in [2.75, 3.05) is 14.2 Å². The van der Waals surface area contributed by atoms with Crippen molar-refractivity contribution >= 4 is 12.6 Å². The van der Waals surface area contributed by atoms with Crippen LogP contribution in [0.25, 0.3) is 0 Å². The van der Waals surface area contributed by atoms with E-state index in [4.69, 9.17) is 18.8 Å². The van der Waals surface area contributed by atoms with E-state index in [0.29, 0.717) is 0 Å². The molecule has 0 bridgehead atoms. The fourth-order valence-electron chi connectivity index (χ4n) is 4.00. The lowest BCUT2D eigenvalue weighted by Gasteiger charge is -2.42. The Hall–Kier alpha value is -1.20. The van der Waals surface area contributed by atoms with Crippen LogP contribution in [-0.2, 0) is 9.31 Å². The van der Waals surface area contributed by atoms with Gasteiger partial charge in [-0.05, 0) is 37.8 Å². The standard InChI is InChI=1S/C18H29BO4/c1-7-17(8-2)18(9-3,10-4)23-19(22-17)16-14(20-5)12-11-13-15(16)21-6/h11-13H,7-10H2,1-6H3. The molecule has 0 radical (unpaired) electrons. The maximum Gasteiger partial charge on any atom is 0.502 e. The average Bonchev–Trinajstić information content (AvgIpc) is 2.95. The second-order valence-electron chi connectivity index (χ2n) is 6.05. The zero-order valence-corrected chi connectivity index (χ0v) is 15.3. The van der Waals surface area contributed by atoms with Gasteiger partial charge in [0.1, 0.15) is 11.5 Å². The molecular formula is C18H29BO4. The van der Waals surface area contributed by atoms with Crippen LogP contribution in [-0.4, -0.2) is 32.5 Å². The number of benzene rings is 1. The van der Waals surface area contributed by atoms with E-state index in [-0.39, 0.29) is 11.2 Å². The molecule has 0 atom stereocenters. The molecule has 1 heterocycles. The normalized spacial score (nSPS) is 19.0. The molecule has 0 amide bonds. The summed E-state index contributed by atoms with van der Waals surface area (Å²) in [6, 6.07) is 5.75. The summed E-state index contributed by atoms with van der Waals surface area (Å²) in [5, 5.41) is 0. The summed E-state index contributed by atoms with van der Waals surface area (Å²) in [5.74, 6) is 1.47. The Kier molecular flexibility index (Phi) is 5.63. The van der Waals surface area contributed by atoms with Gasteiger partial charge in [0, 0.05) is 0 Å². The topological polar surface area (TPSA) is 36.9 Å². The van der Waals surface area contributed by atoms with E-state index in [0.717, 1.165) is 42.6 Å². The van der Waals surface area contributed by atoms with E-state index in [1.54, 1.807) is 14.2 Å². The second-order valence-corrected chi connectivity index (χ2v) is 6.05. The van der Waals surface area contributed by atoms with Gasteiger partial charge in [0.25, 0.3) is 0 Å². The highest BCUT2D eigenvalue weighted by Crippen LogP contribution is 2.47. The molecule has 0 N–H and O–H groups in total. The van der Waals surface area contributed by atoms with Crippen molar-refractivity contribution in [2.24, 2.45) is 0 Å². The van der Waals surface area contributed by atoms with Crippen LogP contribution in [0.4, 0.5) is 0 Å². The second kappa shape index (κ2) is 7.14. The number of hydrogen-bond acceptors (Lipinski definition) is 4. The van der Waals surface area contributed by atoms with E-state index in [9.17, 15) is 0 Å². The highest BCUT2D eigenvalue weighted by Gasteiger charge is 2.59. The van der Waals surface area contributed by atoms with E-state index in [1.807, 2.05) is 18.2 Å². The first-order valence-corrected chi connectivity index (χ1v) is 8.63. The molecule has 0 aromatic heterocycles. The van der Waals surface area contributed by atoms with Crippen LogP contribution in [0, 0.1) is 0 Å². The summed E-state index contributed by atoms with van der Waals surface area (Å²) in [6.45, 7) is 8.70. The molecule has 0 aliphatic carbocycles. The summed E-state index contributed by atoms with van der Waals surface area (Å²) < 4.78 is 24.1. The Morgan fingerprint density at radius 1 is 0.826 bits per heavy atom. The van der Waals surface area contributed by atoms with Crippen LogP contribution < -0.4 is 14.9 Å². The van der Waals surface area contributed by atoms with Gasteiger partial charge in [0.05, 0.1) is 30.9 Å². The Morgan fingerprint density at radius 3 is 1.52 bits per heavy atom. The van der Waals surface area contributed by atoms with Crippen molar-refractivity contribution in [3.05, 3.63) is 18.2 Å². The van der Waals surface area contributed by atoms with Gasteiger partial charge < -0.3 is 18.8 Å². The van der Waals surface area contributed by atoms with Crippen LogP contribution in [0.3, 0.4) is 0 Å². The van der Waals surface area contributed by atoms with E-state index in [1.165, 1.54) is 0 Å². The van der Waals surface area contributed by atoms with E-state index >= 15 is 0 Å². The van der Waals surface area contributed by atoms with Crippen LogP contribution in [0.5, 0.6) is 11.5 Å². The largest absolute Gasteiger partial charge is 0.502 e. The van der Waals surface area contributed by atoms with Gasteiger partial charge in [-0.3, -0.25) is 0 Å². The van der Waals surface area contributed by atoms with Crippen LogP contribution >= 0.6 is 0 Å². The number of ether oxygens (including phenoxy) is 2. The Balaban J connectivity index is 2.52. The zero-order valence-electron chi connectivity index (χ0n) is 15.3. The van der Waals surface area contributed by atoms with Gasteiger partial charge in [0.15, 0.2) is 0 Å². The summed E-state index contributed by atoms with van der Waals surface area (Å²) in [5.41, 5.74) is 0.271. The molecule has 0 unspecified atom stereocenters. The highest BCUT2D eigenvalue weighted by molar-refractivity contribution is 6.64. The van der Waals surface area contributed by atoms with Crippen molar-refractivity contribution < 1.29 is 18.8 Å². The maximum atomic E-state index is 6.53. The van der Waals surface area contributed by atoms with Crippen LogP contribution in [0.15, 0.2) is 18.2 Å². The minimum atomic E-state index is -0.471. The maximum absolute atomic E-state index is 6.53. The van der Waals surface area contributed by atoms with Crippen LogP contribution in [0.1, 0.15) is 53.4 Å². The fraction of sp³-hybridized carbons (Fsp3) is 0.667. The molecule has 5 heteroatoms. The van der Waals surface area contributed by atoms with Crippen molar-refractivity contribution in [1.82, 2.24) is 0 Å². The quantitative estimate of drug-likeness (QED) is 0.720. The first-order chi connectivity index (χ1) is 11.1. The minimum Gasteiger partial charge on any atom is -0.497 e. The monoisotopic (exact) mass is 320 g/mol. The zero-order chi connectivity index (χ0) is 17.1. The highest BCUT2D eigenvalue weighted by atomic mass is 16.7. The molecule has 1 aliphatic rings. The van der Waals surface area contributed by atoms with Gasteiger partial charge in [0.2, 0.25) is 0 Å². The third-order valence-corrected chi connectivity index (χ3v) is 5.48. The molecule has 0 saturated carbocycles. The number of methoxy groups -OCH3 is 2. The van der Waals surface area contributed by atoms with Gasteiger partial charge in [-0.15, -0.1) is 0 Å². The van der Waals surface area contributed by atoms with Gasteiger partial charge >= 0.3 is 7.12 Å². The molecular weight excluding hydrogens is 291 g/mol. The first kappa shape index (κ1) is 18.1. The smallest absolute Gasteiger partial charge is 0.497 e. The Bertz CT molecular complexity index is 482. The van der Waals surface area contributed by atoms with Gasteiger partial charge in [-0.2, -0.15) is 0 Å². The summed E-state index contributed by atoms with van der Waals surface area (Å²) in [7, 11) is 2.85. The third-order valence-electron chi connectivity index (χ3n) is 5.48. The predicted molar refractivity (Wildman–Crippen MR) is 93.7 cm³/mol. The van der Waals surface area contributed by atoms with Crippen molar-refractivity contribution in [2.45, 2.75) is 64.6 Å². The van der Waals surface area contributed by atoms with Crippen molar-refractivity contribution in [3.63, 3.8) is 0 Å². The lowest BCUT2D eigenvalue weighted by atomic mass is 9.75. The summed E-state index contributed by atoms with van der Waals surface area (Å²) >= 11 is 0. The molecule has 2 rings (SSSR count). The Morgan fingerprint density at radius 2 is 1.22 bits per heavy atom. The third kappa shape index (κ3) is 2.74. The SMILES string of the molecule is CCC1(CC)OB(c2c(OC)cccc2OC)OC1(CC)CC. The first-order valence-electron chi connectivity index (χ1n) is 8.63. The molecule has 128 valence electrons. The lowest BCUT2D eigenvalue weighted by Crippen LogP contribution is -2.50. The summed E-state index contributed by atoms with van der Waals surface area (Å²) in [4.78, 5) is 0. The van der Waals surface area contributed by atoms with Crippen LogP contribution in [0.2, 0.25) is 0 Å². The molecule has 1 aliphatic heterocycles. The van der Waals surface area contributed by atoms with E-state index < -0.39 is 7.12 Å². The van der Waals surface area contributed by atoms with Gasteiger partial charge in [-0.25, -0.2) is 0 Å².